The van der Waals surface area contributed by atoms with Crippen molar-refractivity contribution in [1.82, 2.24) is 0 Å². The molecule has 0 amide bonds. The molecule has 5 heteroatoms. The van der Waals surface area contributed by atoms with Crippen LogP contribution < -0.4 is 0 Å². The molecule has 2 saturated carbocycles. The number of fused-ring (bicyclic) bond motifs is 2. The van der Waals surface area contributed by atoms with Crippen LogP contribution in [0.25, 0.3) is 0 Å². The van der Waals surface area contributed by atoms with Gasteiger partial charge in [-0.05, 0) is 43.6 Å². The molecule has 2 fully saturated rings. The van der Waals surface area contributed by atoms with Gasteiger partial charge in [-0.3, -0.25) is 14.4 Å². The summed E-state index contributed by atoms with van der Waals surface area (Å²) in [7, 11) is 0. The van der Waals surface area contributed by atoms with Gasteiger partial charge in [-0.15, -0.1) is 0 Å². The molecule has 134 valence electrons. The number of carbonyl (C=O) groups excluding carboxylic acids is 3. The molecule has 0 radical (unpaired) electrons. The fraction of sp³-hybridized carbons (Fsp3) is 0.737. The zero-order valence-corrected chi connectivity index (χ0v) is 15.3. The second kappa shape index (κ2) is 6.69. The minimum absolute atomic E-state index is 0.0900. The smallest absolute Gasteiger partial charge is 0.313 e. The maximum Gasteiger partial charge on any atom is 0.313 e. The summed E-state index contributed by atoms with van der Waals surface area (Å²) in [5.74, 6) is -1.44. The Morgan fingerprint density at radius 3 is 2.33 bits per heavy atom. The van der Waals surface area contributed by atoms with Gasteiger partial charge in [0.05, 0.1) is 25.6 Å². The molecule has 0 heterocycles. The van der Waals surface area contributed by atoms with Crippen LogP contribution in [0.5, 0.6) is 0 Å². The van der Waals surface area contributed by atoms with Crippen LogP contribution >= 0.6 is 0 Å². The molecule has 0 spiro atoms. The molecule has 0 saturated heterocycles. The van der Waals surface area contributed by atoms with Gasteiger partial charge >= 0.3 is 11.9 Å². The standard InChI is InChI=1S/C19H28O5/c1-6-23-15(20)11-12(17(22)24-7-2)10-13-14-8-9-19(5,16(13)21)18(14,3)4/h10,12,14H,6-9,11H2,1-5H3/b13-10-/t12-,14-,19-/m1/s1. The number of rotatable bonds is 6. The zero-order chi connectivity index (χ0) is 18.1. The number of esters is 2. The van der Waals surface area contributed by atoms with E-state index in [0.717, 1.165) is 12.8 Å². The summed E-state index contributed by atoms with van der Waals surface area (Å²) in [6.45, 7) is 10.2. The average Bonchev–Trinajstić information content (AvgIpc) is 2.81. The molecule has 0 aromatic rings. The predicted molar refractivity (Wildman–Crippen MR) is 89.1 cm³/mol. The van der Waals surface area contributed by atoms with Crippen LogP contribution in [0.3, 0.4) is 0 Å². The lowest BCUT2D eigenvalue weighted by molar-refractivity contribution is -0.153. The average molecular weight is 336 g/mol. The highest BCUT2D eigenvalue weighted by molar-refractivity contribution is 6.05. The van der Waals surface area contributed by atoms with Crippen molar-refractivity contribution in [3.63, 3.8) is 0 Å². The lowest BCUT2D eigenvalue weighted by Gasteiger charge is -2.31. The molecule has 24 heavy (non-hydrogen) atoms. The van der Waals surface area contributed by atoms with Gasteiger partial charge in [0.25, 0.3) is 0 Å². The molecular formula is C19H28O5. The van der Waals surface area contributed by atoms with Crippen molar-refractivity contribution in [2.75, 3.05) is 13.2 Å². The molecule has 0 unspecified atom stereocenters. The molecule has 2 aliphatic carbocycles. The lowest BCUT2D eigenvalue weighted by atomic mass is 9.70. The summed E-state index contributed by atoms with van der Waals surface area (Å²) in [6, 6.07) is 0. The summed E-state index contributed by atoms with van der Waals surface area (Å²) >= 11 is 0. The summed E-state index contributed by atoms with van der Waals surface area (Å²) in [4.78, 5) is 37.0. The Morgan fingerprint density at radius 2 is 1.83 bits per heavy atom. The van der Waals surface area contributed by atoms with E-state index in [1.165, 1.54) is 0 Å². The summed E-state index contributed by atoms with van der Waals surface area (Å²) in [6.07, 6.45) is 3.40. The summed E-state index contributed by atoms with van der Waals surface area (Å²) < 4.78 is 10.0. The number of carbonyl (C=O) groups is 3. The Labute approximate surface area is 143 Å². The fourth-order valence-corrected chi connectivity index (χ4v) is 4.20. The van der Waals surface area contributed by atoms with Crippen LogP contribution in [0.4, 0.5) is 0 Å². The molecule has 2 bridgehead atoms. The van der Waals surface area contributed by atoms with Crippen LogP contribution in [0.1, 0.15) is 53.9 Å². The van der Waals surface area contributed by atoms with Crippen molar-refractivity contribution in [1.29, 1.82) is 0 Å². The van der Waals surface area contributed by atoms with Crippen molar-refractivity contribution in [3.8, 4) is 0 Å². The van der Waals surface area contributed by atoms with E-state index in [0.29, 0.717) is 5.57 Å². The molecule has 0 aliphatic heterocycles. The highest BCUT2D eigenvalue weighted by Gasteiger charge is 2.64. The topological polar surface area (TPSA) is 69.7 Å². The molecule has 2 aliphatic rings. The first-order valence-electron chi connectivity index (χ1n) is 8.77. The van der Waals surface area contributed by atoms with Gasteiger partial charge in [-0.25, -0.2) is 0 Å². The molecule has 3 atom stereocenters. The number of ketones is 1. The number of hydrogen-bond acceptors (Lipinski definition) is 5. The van der Waals surface area contributed by atoms with E-state index in [1.54, 1.807) is 19.9 Å². The first-order valence-corrected chi connectivity index (χ1v) is 8.77. The van der Waals surface area contributed by atoms with Crippen molar-refractivity contribution in [2.45, 2.75) is 53.9 Å². The van der Waals surface area contributed by atoms with E-state index in [1.807, 2.05) is 6.92 Å². The number of allylic oxidation sites excluding steroid dienone is 1. The largest absolute Gasteiger partial charge is 0.466 e. The third-order valence-electron chi connectivity index (χ3n) is 6.03. The summed E-state index contributed by atoms with van der Waals surface area (Å²) in [5.41, 5.74) is 0.183. The normalized spacial score (nSPS) is 30.5. The third-order valence-corrected chi connectivity index (χ3v) is 6.03. The second-order valence-corrected chi connectivity index (χ2v) is 7.46. The molecule has 5 nitrogen and oxygen atoms in total. The molecular weight excluding hydrogens is 308 g/mol. The molecule has 0 N–H and O–H groups in total. The van der Waals surface area contributed by atoms with Crippen LogP contribution in [0.15, 0.2) is 11.6 Å². The number of hydrogen-bond donors (Lipinski definition) is 0. The Balaban J connectivity index is 2.31. The summed E-state index contributed by atoms with van der Waals surface area (Å²) in [5, 5.41) is 0. The van der Waals surface area contributed by atoms with Crippen molar-refractivity contribution in [3.05, 3.63) is 11.6 Å². The third kappa shape index (κ3) is 2.89. The van der Waals surface area contributed by atoms with Gasteiger partial charge in [0.15, 0.2) is 5.78 Å². The Morgan fingerprint density at radius 1 is 1.21 bits per heavy atom. The first-order chi connectivity index (χ1) is 11.2. The van der Waals surface area contributed by atoms with Crippen molar-refractivity contribution < 1.29 is 23.9 Å². The van der Waals surface area contributed by atoms with Gasteiger partial charge in [-0.2, -0.15) is 0 Å². The minimum atomic E-state index is -0.762. The van der Waals surface area contributed by atoms with Crippen molar-refractivity contribution >= 4 is 17.7 Å². The van der Waals surface area contributed by atoms with Gasteiger partial charge in [0, 0.05) is 5.41 Å². The van der Waals surface area contributed by atoms with E-state index in [4.69, 9.17) is 9.47 Å². The number of ether oxygens (including phenoxy) is 2. The number of Topliss-reactive ketones (excluding diaryl/α,β-unsaturated/α-hetero) is 1. The quantitative estimate of drug-likeness (QED) is 0.551. The molecule has 0 aromatic carbocycles. The highest BCUT2D eigenvalue weighted by Crippen LogP contribution is 2.65. The van der Waals surface area contributed by atoms with E-state index >= 15 is 0 Å². The lowest BCUT2D eigenvalue weighted by Crippen LogP contribution is -2.32. The highest BCUT2D eigenvalue weighted by atomic mass is 16.5. The van der Waals surface area contributed by atoms with Crippen LogP contribution in [0.2, 0.25) is 0 Å². The van der Waals surface area contributed by atoms with E-state index in [2.05, 4.69) is 13.8 Å². The minimum Gasteiger partial charge on any atom is -0.466 e. The van der Waals surface area contributed by atoms with Crippen molar-refractivity contribution in [2.24, 2.45) is 22.7 Å². The Bertz CT molecular complexity index is 574. The van der Waals surface area contributed by atoms with Gasteiger partial charge < -0.3 is 9.47 Å². The van der Waals surface area contributed by atoms with E-state index < -0.39 is 17.9 Å². The first kappa shape index (κ1) is 18.7. The monoisotopic (exact) mass is 336 g/mol. The van der Waals surface area contributed by atoms with Gasteiger partial charge in [0.2, 0.25) is 0 Å². The maximum absolute atomic E-state index is 12.9. The van der Waals surface area contributed by atoms with Gasteiger partial charge in [0.1, 0.15) is 0 Å². The SMILES string of the molecule is CCOC(=O)C[C@@H](/C=C1\C(=O)[C@@]2(C)CC[C@H]1C2(C)C)C(=O)OCC. The van der Waals surface area contributed by atoms with Crippen LogP contribution in [-0.4, -0.2) is 30.9 Å². The van der Waals surface area contributed by atoms with E-state index in [9.17, 15) is 14.4 Å². The fourth-order valence-electron chi connectivity index (χ4n) is 4.20. The maximum atomic E-state index is 12.9. The predicted octanol–water partition coefficient (Wildman–Crippen LogP) is 3.07. The molecule has 0 aromatic heterocycles. The molecule has 2 rings (SSSR count). The zero-order valence-electron chi connectivity index (χ0n) is 15.3. The second-order valence-electron chi connectivity index (χ2n) is 7.46. The van der Waals surface area contributed by atoms with Crippen LogP contribution in [-0.2, 0) is 23.9 Å². The Hall–Kier alpha value is -1.65. The van der Waals surface area contributed by atoms with E-state index in [-0.39, 0.29) is 42.2 Å². The van der Waals surface area contributed by atoms with Gasteiger partial charge in [-0.1, -0.05) is 26.8 Å². The Kier molecular flexibility index (Phi) is 5.21. The van der Waals surface area contributed by atoms with Crippen LogP contribution in [0, 0.1) is 22.7 Å².